The van der Waals surface area contributed by atoms with E-state index in [1.807, 2.05) is 6.07 Å². The first-order valence-electron chi connectivity index (χ1n) is 4.15. The Morgan fingerprint density at radius 1 is 1.38 bits per heavy atom. The van der Waals surface area contributed by atoms with E-state index in [0.29, 0.717) is 15.7 Å². The Bertz CT molecular complexity index is 471. The minimum atomic E-state index is 0.0307. The predicted octanol–water partition coefficient (Wildman–Crippen LogP) is 3.10. The molecule has 0 heterocycles. The molecule has 0 spiro atoms. The molecule has 0 aromatic heterocycles. The average Bonchev–Trinajstić information content (AvgIpc) is 2.16. The van der Waals surface area contributed by atoms with Crippen LogP contribution in [0.1, 0.15) is 0 Å². The summed E-state index contributed by atoms with van der Waals surface area (Å²) in [6.07, 6.45) is 1.41. The number of nitrogens with two attached hydrogens (primary N) is 1. The lowest BCUT2D eigenvalue weighted by molar-refractivity contribution is 1.49. The van der Waals surface area contributed by atoms with Crippen molar-refractivity contribution in [2.24, 2.45) is 5.73 Å². The van der Waals surface area contributed by atoms with Crippen molar-refractivity contribution in [2.75, 3.05) is 5.32 Å². The van der Waals surface area contributed by atoms with Gasteiger partial charge in [-0.1, -0.05) is 35.4 Å². The fourth-order valence-electron chi connectivity index (χ4n) is 0.951. The summed E-state index contributed by atoms with van der Waals surface area (Å²) in [5.41, 5.74) is 6.16. The van der Waals surface area contributed by atoms with E-state index >= 15 is 0 Å². The summed E-state index contributed by atoms with van der Waals surface area (Å²) >= 11 is 16.3. The van der Waals surface area contributed by atoms with Crippen molar-refractivity contribution in [1.29, 1.82) is 5.26 Å². The Labute approximate surface area is 108 Å². The fourth-order valence-corrected chi connectivity index (χ4v) is 1.58. The third-order valence-corrected chi connectivity index (χ3v) is 2.29. The van der Waals surface area contributed by atoms with Crippen LogP contribution < -0.4 is 11.1 Å². The maximum absolute atomic E-state index is 8.71. The Morgan fingerprint density at radius 3 is 2.38 bits per heavy atom. The number of rotatable bonds is 3. The minimum absolute atomic E-state index is 0.0307. The molecule has 0 amide bonds. The summed E-state index contributed by atoms with van der Waals surface area (Å²) in [6, 6.07) is 6.81. The van der Waals surface area contributed by atoms with Crippen molar-refractivity contribution < 1.29 is 0 Å². The zero-order valence-corrected chi connectivity index (χ0v) is 10.3. The van der Waals surface area contributed by atoms with Gasteiger partial charge in [0, 0.05) is 21.9 Å². The minimum Gasteiger partial charge on any atom is -0.389 e. The van der Waals surface area contributed by atoms with Gasteiger partial charge in [0.05, 0.1) is 0 Å². The van der Waals surface area contributed by atoms with Crippen molar-refractivity contribution in [3.05, 3.63) is 40.0 Å². The van der Waals surface area contributed by atoms with Crippen LogP contribution in [0.15, 0.2) is 30.0 Å². The molecule has 0 aliphatic rings. The molecule has 0 radical (unpaired) electrons. The van der Waals surface area contributed by atoms with Crippen LogP contribution in [0.4, 0.5) is 5.69 Å². The number of nitrogens with zero attached hydrogens (tertiary/aromatic N) is 1. The van der Waals surface area contributed by atoms with Crippen LogP contribution in [0.25, 0.3) is 0 Å². The first-order valence-corrected chi connectivity index (χ1v) is 5.32. The number of thiocarbonyl (C=S) groups is 1. The summed E-state index contributed by atoms with van der Waals surface area (Å²) in [7, 11) is 0. The molecular formula is C10H7Cl2N3S. The maximum atomic E-state index is 8.71. The predicted molar refractivity (Wildman–Crippen MR) is 70.6 cm³/mol. The van der Waals surface area contributed by atoms with Crippen molar-refractivity contribution >= 4 is 46.1 Å². The molecule has 0 saturated heterocycles. The lowest BCUT2D eigenvalue weighted by Crippen LogP contribution is -2.11. The molecule has 3 N–H and O–H groups in total. The van der Waals surface area contributed by atoms with Gasteiger partial charge < -0.3 is 11.1 Å². The van der Waals surface area contributed by atoms with E-state index in [1.54, 1.807) is 18.2 Å². The lowest BCUT2D eigenvalue weighted by atomic mass is 10.3. The monoisotopic (exact) mass is 271 g/mol. The molecule has 1 aromatic carbocycles. The van der Waals surface area contributed by atoms with Gasteiger partial charge in [-0.2, -0.15) is 5.26 Å². The molecule has 82 valence electrons. The molecule has 0 fully saturated rings. The highest BCUT2D eigenvalue weighted by atomic mass is 35.5. The van der Waals surface area contributed by atoms with Crippen molar-refractivity contribution in [2.45, 2.75) is 0 Å². The van der Waals surface area contributed by atoms with Crippen LogP contribution in [-0.2, 0) is 0 Å². The Balaban J connectivity index is 2.90. The highest BCUT2D eigenvalue weighted by Crippen LogP contribution is 2.22. The normalized spacial score (nSPS) is 10.7. The van der Waals surface area contributed by atoms with Gasteiger partial charge in [-0.3, -0.25) is 0 Å². The summed E-state index contributed by atoms with van der Waals surface area (Å²) in [6.45, 7) is 0. The molecule has 6 heteroatoms. The Kier molecular flexibility index (Phi) is 4.56. The van der Waals surface area contributed by atoms with Crippen LogP contribution in [0, 0.1) is 11.3 Å². The number of hydrogen-bond donors (Lipinski definition) is 2. The van der Waals surface area contributed by atoms with E-state index in [9.17, 15) is 0 Å². The second kappa shape index (κ2) is 5.71. The molecule has 1 rings (SSSR count). The van der Waals surface area contributed by atoms with E-state index in [-0.39, 0.29) is 10.6 Å². The highest BCUT2D eigenvalue weighted by molar-refractivity contribution is 7.80. The zero-order chi connectivity index (χ0) is 12.1. The van der Waals surface area contributed by atoms with Crippen LogP contribution in [-0.4, -0.2) is 4.99 Å². The van der Waals surface area contributed by atoms with Gasteiger partial charge >= 0.3 is 0 Å². The van der Waals surface area contributed by atoms with Gasteiger partial charge in [0.15, 0.2) is 0 Å². The van der Waals surface area contributed by atoms with Gasteiger partial charge in [-0.05, 0) is 18.2 Å². The van der Waals surface area contributed by atoms with Crippen LogP contribution in [0.5, 0.6) is 0 Å². The molecule has 0 aliphatic carbocycles. The second-order valence-electron chi connectivity index (χ2n) is 2.84. The van der Waals surface area contributed by atoms with Gasteiger partial charge in [-0.25, -0.2) is 0 Å². The van der Waals surface area contributed by atoms with Crippen LogP contribution in [0.2, 0.25) is 10.0 Å². The molecule has 0 atom stereocenters. The molecular weight excluding hydrogens is 265 g/mol. The lowest BCUT2D eigenvalue weighted by Gasteiger charge is -2.03. The smallest absolute Gasteiger partial charge is 0.116 e. The molecule has 0 aliphatic heterocycles. The van der Waals surface area contributed by atoms with Gasteiger partial charge in [0.1, 0.15) is 16.6 Å². The summed E-state index contributed by atoms with van der Waals surface area (Å²) in [4.78, 5) is 0.0307. The number of anilines is 1. The zero-order valence-electron chi connectivity index (χ0n) is 8.00. The van der Waals surface area contributed by atoms with Crippen molar-refractivity contribution in [3.8, 4) is 6.07 Å². The highest BCUT2D eigenvalue weighted by Gasteiger charge is 2.00. The summed E-state index contributed by atoms with van der Waals surface area (Å²) < 4.78 is 0. The summed E-state index contributed by atoms with van der Waals surface area (Å²) in [5.74, 6) is 0. The van der Waals surface area contributed by atoms with E-state index in [0.717, 1.165) is 0 Å². The summed E-state index contributed by atoms with van der Waals surface area (Å²) in [5, 5.41) is 12.5. The van der Waals surface area contributed by atoms with E-state index in [4.69, 9.17) is 34.2 Å². The molecule has 0 bridgehead atoms. The molecule has 3 nitrogen and oxygen atoms in total. The first-order chi connectivity index (χ1) is 7.52. The average molecular weight is 272 g/mol. The number of halogens is 2. The SMILES string of the molecule is N#C/C(=C\Nc1cc(Cl)cc(Cl)c1)C(N)=S. The number of nitriles is 1. The second-order valence-corrected chi connectivity index (χ2v) is 4.15. The first kappa shape index (κ1) is 12.8. The van der Waals surface area contributed by atoms with Crippen LogP contribution >= 0.6 is 35.4 Å². The van der Waals surface area contributed by atoms with E-state index < -0.39 is 0 Å². The maximum Gasteiger partial charge on any atom is 0.116 e. The van der Waals surface area contributed by atoms with E-state index in [1.165, 1.54) is 6.20 Å². The number of hydrogen-bond acceptors (Lipinski definition) is 3. The Morgan fingerprint density at radius 2 is 1.94 bits per heavy atom. The van der Waals surface area contributed by atoms with Gasteiger partial charge in [0.25, 0.3) is 0 Å². The molecule has 0 saturated carbocycles. The van der Waals surface area contributed by atoms with Crippen molar-refractivity contribution in [3.63, 3.8) is 0 Å². The van der Waals surface area contributed by atoms with Gasteiger partial charge in [0.2, 0.25) is 0 Å². The van der Waals surface area contributed by atoms with Gasteiger partial charge in [-0.15, -0.1) is 0 Å². The quantitative estimate of drug-likeness (QED) is 0.504. The molecule has 16 heavy (non-hydrogen) atoms. The molecule has 0 unspecified atom stereocenters. The number of benzene rings is 1. The van der Waals surface area contributed by atoms with Crippen LogP contribution in [0.3, 0.4) is 0 Å². The largest absolute Gasteiger partial charge is 0.389 e. The van der Waals surface area contributed by atoms with Crippen molar-refractivity contribution in [1.82, 2.24) is 0 Å². The third kappa shape index (κ3) is 3.70. The number of nitrogens with one attached hydrogen (secondary N) is 1. The topological polar surface area (TPSA) is 61.8 Å². The Hall–Kier alpha value is -1.28. The standard InChI is InChI=1S/C10H7Cl2N3S/c11-7-1-8(12)3-9(2-7)15-5-6(4-13)10(14)16/h1-3,5,15H,(H2,14,16)/b6-5+. The third-order valence-electron chi connectivity index (χ3n) is 1.63. The van der Waals surface area contributed by atoms with E-state index in [2.05, 4.69) is 17.5 Å². The molecule has 1 aromatic rings. The fraction of sp³-hybridized carbons (Fsp3) is 0.